The summed E-state index contributed by atoms with van der Waals surface area (Å²) in [4.78, 5) is 0. The first-order chi connectivity index (χ1) is 4.93. The van der Waals surface area contributed by atoms with Crippen LogP contribution < -0.4 is 5.32 Å². The van der Waals surface area contributed by atoms with E-state index in [4.69, 9.17) is 4.74 Å². The van der Waals surface area contributed by atoms with Crippen molar-refractivity contribution in [3.63, 3.8) is 0 Å². The molecule has 2 heteroatoms. The van der Waals surface area contributed by atoms with Gasteiger partial charge in [0.15, 0.2) is 0 Å². The molecule has 0 unspecified atom stereocenters. The van der Waals surface area contributed by atoms with Gasteiger partial charge in [0.05, 0.1) is 0 Å². The largest absolute Gasteiger partial charge is 0.385 e. The summed E-state index contributed by atoms with van der Waals surface area (Å²) in [6.45, 7) is 2.01. The van der Waals surface area contributed by atoms with Crippen molar-refractivity contribution in [1.82, 2.24) is 5.32 Å². The van der Waals surface area contributed by atoms with E-state index in [9.17, 15) is 0 Å². The molecule has 1 aliphatic rings. The van der Waals surface area contributed by atoms with E-state index in [2.05, 4.69) is 5.32 Å². The van der Waals surface area contributed by atoms with Crippen LogP contribution in [0.4, 0.5) is 0 Å². The normalized spacial score (nSPS) is 18.9. The molecule has 10 heavy (non-hydrogen) atoms. The smallest absolute Gasteiger partial charge is 0.0474 e. The van der Waals surface area contributed by atoms with E-state index in [1.165, 1.54) is 19.3 Å². The standard InChI is InChI=1S/C8H17NO/c1-10-7-3-6-9-8-4-2-5-8/h8-9H,2-7H2,1H3. The molecule has 2 nitrogen and oxygen atoms in total. The maximum atomic E-state index is 4.94. The van der Waals surface area contributed by atoms with Crippen LogP contribution in [0, 0.1) is 0 Å². The summed E-state index contributed by atoms with van der Waals surface area (Å²) >= 11 is 0. The van der Waals surface area contributed by atoms with Crippen LogP contribution in [0.25, 0.3) is 0 Å². The zero-order chi connectivity index (χ0) is 7.23. The number of rotatable bonds is 5. The van der Waals surface area contributed by atoms with Gasteiger partial charge in [0, 0.05) is 19.8 Å². The molecule has 0 aliphatic heterocycles. The van der Waals surface area contributed by atoms with Crippen molar-refractivity contribution in [3.05, 3.63) is 0 Å². The number of hydrogen-bond acceptors (Lipinski definition) is 2. The Balaban J connectivity index is 1.76. The molecule has 0 aromatic carbocycles. The van der Waals surface area contributed by atoms with E-state index in [1.807, 2.05) is 0 Å². The molecule has 0 spiro atoms. The van der Waals surface area contributed by atoms with E-state index >= 15 is 0 Å². The Bertz CT molecular complexity index is 81.3. The van der Waals surface area contributed by atoms with Crippen molar-refractivity contribution in [2.45, 2.75) is 31.7 Å². The molecule has 1 rings (SSSR count). The van der Waals surface area contributed by atoms with Crippen LogP contribution in [0.2, 0.25) is 0 Å². The average molecular weight is 143 g/mol. The first-order valence-electron chi connectivity index (χ1n) is 4.16. The summed E-state index contributed by atoms with van der Waals surface area (Å²) in [7, 11) is 1.75. The third-order valence-electron chi connectivity index (χ3n) is 2.06. The van der Waals surface area contributed by atoms with Gasteiger partial charge in [-0.1, -0.05) is 6.42 Å². The minimum absolute atomic E-state index is 0.830. The molecule has 0 amide bonds. The fourth-order valence-electron chi connectivity index (χ4n) is 1.14. The maximum Gasteiger partial charge on any atom is 0.0474 e. The molecule has 0 heterocycles. The summed E-state index contributed by atoms with van der Waals surface area (Å²) in [6.07, 6.45) is 5.33. The minimum atomic E-state index is 0.830. The highest BCUT2D eigenvalue weighted by Gasteiger charge is 2.15. The monoisotopic (exact) mass is 143 g/mol. The van der Waals surface area contributed by atoms with Gasteiger partial charge in [0.1, 0.15) is 0 Å². The lowest BCUT2D eigenvalue weighted by molar-refractivity contribution is 0.190. The van der Waals surface area contributed by atoms with E-state index in [1.54, 1.807) is 7.11 Å². The Morgan fingerprint density at radius 3 is 2.80 bits per heavy atom. The second-order valence-corrected chi connectivity index (χ2v) is 2.93. The highest BCUT2D eigenvalue weighted by atomic mass is 16.5. The Kier molecular flexibility index (Phi) is 3.76. The average Bonchev–Trinajstić information content (AvgIpc) is 1.84. The van der Waals surface area contributed by atoms with Gasteiger partial charge < -0.3 is 10.1 Å². The van der Waals surface area contributed by atoms with E-state index in [0.29, 0.717) is 0 Å². The SMILES string of the molecule is COCCCNC1CCC1. The Hall–Kier alpha value is -0.0800. The summed E-state index contributed by atoms with van der Waals surface area (Å²) in [5, 5.41) is 3.47. The first kappa shape index (κ1) is 8.02. The molecule has 0 bridgehead atoms. The molecular weight excluding hydrogens is 126 g/mol. The Labute approximate surface area is 63.0 Å². The summed E-state index contributed by atoms with van der Waals surface area (Å²) in [5.74, 6) is 0. The zero-order valence-electron chi connectivity index (χ0n) is 6.73. The van der Waals surface area contributed by atoms with Gasteiger partial charge in [-0.25, -0.2) is 0 Å². The number of methoxy groups -OCH3 is 1. The third-order valence-corrected chi connectivity index (χ3v) is 2.06. The minimum Gasteiger partial charge on any atom is -0.385 e. The number of ether oxygens (including phenoxy) is 1. The van der Waals surface area contributed by atoms with E-state index < -0.39 is 0 Å². The van der Waals surface area contributed by atoms with Crippen molar-refractivity contribution in [2.75, 3.05) is 20.3 Å². The summed E-state index contributed by atoms with van der Waals surface area (Å²) in [6, 6.07) is 0.830. The van der Waals surface area contributed by atoms with Crippen LogP contribution in [0.1, 0.15) is 25.7 Å². The Morgan fingerprint density at radius 2 is 2.30 bits per heavy atom. The van der Waals surface area contributed by atoms with Gasteiger partial charge in [0.2, 0.25) is 0 Å². The molecule has 1 fully saturated rings. The van der Waals surface area contributed by atoms with Crippen LogP contribution in [-0.2, 0) is 4.74 Å². The molecule has 0 atom stereocenters. The van der Waals surface area contributed by atoms with E-state index in [-0.39, 0.29) is 0 Å². The predicted octanol–water partition coefficient (Wildman–Crippen LogP) is 1.16. The van der Waals surface area contributed by atoms with Crippen molar-refractivity contribution in [2.24, 2.45) is 0 Å². The van der Waals surface area contributed by atoms with Crippen molar-refractivity contribution in [1.29, 1.82) is 0 Å². The summed E-state index contributed by atoms with van der Waals surface area (Å²) in [5.41, 5.74) is 0. The van der Waals surface area contributed by atoms with Gasteiger partial charge in [-0.2, -0.15) is 0 Å². The molecule has 0 radical (unpaired) electrons. The molecule has 0 aromatic rings. The second kappa shape index (κ2) is 4.69. The highest BCUT2D eigenvalue weighted by Crippen LogP contribution is 2.17. The second-order valence-electron chi connectivity index (χ2n) is 2.93. The third kappa shape index (κ3) is 2.67. The lowest BCUT2D eigenvalue weighted by atomic mass is 9.93. The zero-order valence-corrected chi connectivity index (χ0v) is 6.73. The van der Waals surface area contributed by atoms with Crippen LogP contribution >= 0.6 is 0 Å². The molecule has 60 valence electrons. The topological polar surface area (TPSA) is 21.3 Å². The molecule has 1 aliphatic carbocycles. The number of nitrogens with one attached hydrogen (secondary N) is 1. The number of hydrogen-bond donors (Lipinski definition) is 1. The van der Waals surface area contributed by atoms with Crippen molar-refractivity contribution in [3.8, 4) is 0 Å². The van der Waals surface area contributed by atoms with Gasteiger partial charge >= 0.3 is 0 Å². The van der Waals surface area contributed by atoms with Gasteiger partial charge in [-0.05, 0) is 25.8 Å². The van der Waals surface area contributed by atoms with Gasteiger partial charge in [-0.15, -0.1) is 0 Å². The van der Waals surface area contributed by atoms with E-state index in [0.717, 1.165) is 25.6 Å². The highest BCUT2D eigenvalue weighted by molar-refractivity contribution is 4.75. The Morgan fingerprint density at radius 1 is 1.50 bits per heavy atom. The maximum absolute atomic E-state index is 4.94. The fourth-order valence-corrected chi connectivity index (χ4v) is 1.14. The van der Waals surface area contributed by atoms with Crippen molar-refractivity contribution >= 4 is 0 Å². The quantitative estimate of drug-likeness (QED) is 0.583. The predicted molar refractivity (Wildman–Crippen MR) is 42.1 cm³/mol. The van der Waals surface area contributed by atoms with Crippen LogP contribution in [-0.4, -0.2) is 26.3 Å². The van der Waals surface area contributed by atoms with Crippen molar-refractivity contribution < 1.29 is 4.74 Å². The van der Waals surface area contributed by atoms with Gasteiger partial charge in [0.25, 0.3) is 0 Å². The molecule has 0 aromatic heterocycles. The lowest BCUT2D eigenvalue weighted by Gasteiger charge is -2.26. The lowest BCUT2D eigenvalue weighted by Crippen LogP contribution is -2.35. The first-order valence-corrected chi connectivity index (χ1v) is 4.16. The molecule has 1 saturated carbocycles. The fraction of sp³-hybridized carbons (Fsp3) is 1.00. The van der Waals surface area contributed by atoms with Gasteiger partial charge in [-0.3, -0.25) is 0 Å². The van der Waals surface area contributed by atoms with Crippen LogP contribution in [0.5, 0.6) is 0 Å². The molecular formula is C8H17NO. The molecule has 0 saturated heterocycles. The molecule has 1 N–H and O–H groups in total. The summed E-state index contributed by atoms with van der Waals surface area (Å²) < 4.78 is 4.94. The van der Waals surface area contributed by atoms with Crippen LogP contribution in [0.15, 0.2) is 0 Å². The van der Waals surface area contributed by atoms with Crippen LogP contribution in [0.3, 0.4) is 0 Å².